The van der Waals surface area contributed by atoms with Crippen molar-refractivity contribution >= 4 is 0 Å². The summed E-state index contributed by atoms with van der Waals surface area (Å²) in [5.41, 5.74) is 1.02. The molecule has 2 N–H and O–H groups in total. The van der Waals surface area contributed by atoms with Crippen LogP contribution in [0.25, 0.3) is 0 Å². The number of nitrogens with one attached hydrogen (secondary N) is 1. The lowest BCUT2D eigenvalue weighted by Crippen LogP contribution is -2.40. The Balaban J connectivity index is 1.99. The van der Waals surface area contributed by atoms with Gasteiger partial charge in [-0.15, -0.1) is 0 Å². The highest BCUT2D eigenvalue weighted by Gasteiger charge is 2.31. The van der Waals surface area contributed by atoms with E-state index in [9.17, 15) is 9.50 Å². The maximum absolute atomic E-state index is 13.3. The van der Waals surface area contributed by atoms with Crippen LogP contribution in [0.4, 0.5) is 4.39 Å². The highest BCUT2D eigenvalue weighted by molar-refractivity contribution is 5.20. The predicted octanol–water partition coefficient (Wildman–Crippen LogP) is 3.81. The number of aliphatic hydroxyl groups is 1. The van der Waals surface area contributed by atoms with Crippen LogP contribution in [0.15, 0.2) is 24.3 Å². The van der Waals surface area contributed by atoms with E-state index >= 15 is 0 Å². The summed E-state index contributed by atoms with van der Waals surface area (Å²) in [6, 6.07) is 6.98. The van der Waals surface area contributed by atoms with E-state index in [0.29, 0.717) is 0 Å². The molecule has 0 heterocycles. The molecule has 20 heavy (non-hydrogen) atoms. The van der Waals surface area contributed by atoms with Crippen LogP contribution in [-0.2, 0) is 0 Å². The molecule has 0 saturated heterocycles. The minimum Gasteiger partial charge on any atom is -0.396 e. The second kappa shape index (κ2) is 7.19. The summed E-state index contributed by atoms with van der Waals surface area (Å²) < 4.78 is 13.3. The lowest BCUT2D eigenvalue weighted by atomic mass is 9.74. The van der Waals surface area contributed by atoms with E-state index in [2.05, 4.69) is 12.2 Å². The van der Waals surface area contributed by atoms with Crippen molar-refractivity contribution in [2.75, 3.05) is 13.2 Å². The van der Waals surface area contributed by atoms with E-state index < -0.39 is 0 Å². The average molecular weight is 279 g/mol. The van der Waals surface area contributed by atoms with Gasteiger partial charge < -0.3 is 10.4 Å². The average Bonchev–Trinajstić information content (AvgIpc) is 2.49. The summed E-state index contributed by atoms with van der Waals surface area (Å²) in [5.74, 6) is -0.183. The number of hydrogen-bond acceptors (Lipinski definition) is 2. The molecule has 1 fully saturated rings. The maximum Gasteiger partial charge on any atom is 0.123 e. The number of hydrogen-bond donors (Lipinski definition) is 2. The van der Waals surface area contributed by atoms with Crippen molar-refractivity contribution < 1.29 is 9.50 Å². The van der Waals surface area contributed by atoms with Gasteiger partial charge in [-0.2, -0.15) is 0 Å². The first-order valence-corrected chi connectivity index (χ1v) is 7.79. The van der Waals surface area contributed by atoms with E-state index in [1.54, 1.807) is 12.1 Å². The number of rotatable bonds is 6. The zero-order chi connectivity index (χ0) is 14.4. The molecule has 3 heteroatoms. The van der Waals surface area contributed by atoms with Gasteiger partial charge in [0.25, 0.3) is 0 Å². The van der Waals surface area contributed by atoms with Crippen molar-refractivity contribution in [3.8, 4) is 0 Å². The van der Waals surface area contributed by atoms with Crippen LogP contribution in [0, 0.1) is 11.2 Å². The topological polar surface area (TPSA) is 32.3 Å². The number of benzene rings is 1. The normalized spacial score (nSPS) is 19.8. The van der Waals surface area contributed by atoms with E-state index in [1.165, 1.54) is 25.3 Å². The Bertz CT molecular complexity index is 415. The Labute approximate surface area is 121 Å². The first-order valence-electron chi connectivity index (χ1n) is 7.79. The Morgan fingerprint density at radius 2 is 2.05 bits per heavy atom. The molecule has 1 unspecified atom stereocenters. The zero-order valence-electron chi connectivity index (χ0n) is 12.4. The highest BCUT2D eigenvalue weighted by Crippen LogP contribution is 2.36. The predicted molar refractivity (Wildman–Crippen MR) is 80.0 cm³/mol. The quantitative estimate of drug-likeness (QED) is 0.830. The van der Waals surface area contributed by atoms with Crippen molar-refractivity contribution in [3.63, 3.8) is 0 Å². The SMILES string of the molecule is CCC(NCC1(CO)CCCCC1)c1cccc(F)c1. The van der Waals surface area contributed by atoms with Crippen molar-refractivity contribution in [2.24, 2.45) is 5.41 Å². The lowest BCUT2D eigenvalue weighted by Gasteiger charge is -2.37. The van der Waals surface area contributed by atoms with Crippen molar-refractivity contribution in [3.05, 3.63) is 35.6 Å². The van der Waals surface area contributed by atoms with E-state index in [4.69, 9.17) is 0 Å². The molecule has 2 rings (SSSR count). The Kier molecular flexibility index (Phi) is 5.55. The standard InChI is InChI=1S/C17H26FNO/c1-2-16(14-7-6-8-15(18)11-14)19-12-17(13-20)9-4-3-5-10-17/h6-8,11,16,19-20H,2-5,9-10,12-13H2,1H3. The molecule has 1 atom stereocenters. The minimum atomic E-state index is -0.183. The first kappa shape index (κ1) is 15.5. The second-order valence-electron chi connectivity index (χ2n) is 6.12. The van der Waals surface area contributed by atoms with E-state index in [-0.39, 0.29) is 23.9 Å². The fourth-order valence-corrected chi connectivity index (χ4v) is 3.25. The summed E-state index contributed by atoms with van der Waals surface area (Å²) in [7, 11) is 0. The molecular weight excluding hydrogens is 253 g/mol. The van der Waals surface area contributed by atoms with Crippen LogP contribution in [0.1, 0.15) is 57.1 Å². The summed E-state index contributed by atoms with van der Waals surface area (Å²) in [6.45, 7) is 3.17. The molecule has 1 aliphatic carbocycles. The van der Waals surface area contributed by atoms with Gasteiger partial charge in [-0.3, -0.25) is 0 Å². The molecule has 1 aromatic carbocycles. The van der Waals surface area contributed by atoms with Crippen molar-refractivity contribution in [1.29, 1.82) is 0 Å². The van der Waals surface area contributed by atoms with Gasteiger partial charge in [0, 0.05) is 24.6 Å². The maximum atomic E-state index is 13.3. The molecule has 2 nitrogen and oxygen atoms in total. The van der Waals surface area contributed by atoms with Crippen LogP contribution >= 0.6 is 0 Å². The van der Waals surface area contributed by atoms with Crippen LogP contribution in [0.3, 0.4) is 0 Å². The van der Waals surface area contributed by atoms with Gasteiger partial charge in [-0.25, -0.2) is 4.39 Å². The van der Waals surface area contributed by atoms with Gasteiger partial charge in [-0.05, 0) is 37.0 Å². The molecule has 0 aliphatic heterocycles. The fourth-order valence-electron chi connectivity index (χ4n) is 3.25. The van der Waals surface area contributed by atoms with Crippen LogP contribution in [-0.4, -0.2) is 18.3 Å². The number of aliphatic hydroxyl groups excluding tert-OH is 1. The highest BCUT2D eigenvalue weighted by atomic mass is 19.1. The molecule has 0 spiro atoms. The molecule has 0 bridgehead atoms. The molecule has 1 aromatic rings. The van der Waals surface area contributed by atoms with Gasteiger partial charge in [0.05, 0.1) is 0 Å². The summed E-state index contributed by atoms with van der Waals surface area (Å²) in [4.78, 5) is 0. The largest absolute Gasteiger partial charge is 0.396 e. The Morgan fingerprint density at radius 1 is 1.30 bits per heavy atom. The molecule has 0 amide bonds. The van der Waals surface area contributed by atoms with E-state index in [0.717, 1.165) is 31.4 Å². The van der Waals surface area contributed by atoms with Gasteiger partial charge in [0.2, 0.25) is 0 Å². The molecule has 0 aromatic heterocycles. The van der Waals surface area contributed by atoms with E-state index in [1.807, 2.05) is 6.07 Å². The van der Waals surface area contributed by atoms with Gasteiger partial charge >= 0.3 is 0 Å². The van der Waals surface area contributed by atoms with Crippen LogP contribution in [0.5, 0.6) is 0 Å². The zero-order valence-corrected chi connectivity index (χ0v) is 12.4. The van der Waals surface area contributed by atoms with Gasteiger partial charge in [-0.1, -0.05) is 38.3 Å². The third-order valence-corrected chi connectivity index (χ3v) is 4.63. The van der Waals surface area contributed by atoms with Crippen molar-refractivity contribution in [2.45, 2.75) is 51.5 Å². The smallest absolute Gasteiger partial charge is 0.123 e. The fraction of sp³-hybridized carbons (Fsp3) is 0.647. The monoisotopic (exact) mass is 279 g/mol. The van der Waals surface area contributed by atoms with Gasteiger partial charge in [0.1, 0.15) is 5.82 Å². The number of halogens is 1. The first-order chi connectivity index (χ1) is 9.69. The lowest BCUT2D eigenvalue weighted by molar-refractivity contribution is 0.0781. The third kappa shape index (κ3) is 3.80. The van der Waals surface area contributed by atoms with Crippen LogP contribution < -0.4 is 5.32 Å². The minimum absolute atomic E-state index is 0.0268. The summed E-state index contributed by atoms with van der Waals surface area (Å²) in [5, 5.41) is 13.3. The molecule has 112 valence electrons. The molecule has 1 aliphatic rings. The van der Waals surface area contributed by atoms with Gasteiger partial charge in [0.15, 0.2) is 0 Å². The summed E-state index contributed by atoms with van der Waals surface area (Å²) in [6.07, 6.45) is 6.80. The summed E-state index contributed by atoms with van der Waals surface area (Å²) >= 11 is 0. The third-order valence-electron chi connectivity index (χ3n) is 4.63. The molecular formula is C17H26FNO. The van der Waals surface area contributed by atoms with Crippen molar-refractivity contribution in [1.82, 2.24) is 5.32 Å². The van der Waals surface area contributed by atoms with Crippen LogP contribution in [0.2, 0.25) is 0 Å². The Morgan fingerprint density at radius 3 is 2.65 bits per heavy atom. The Hall–Kier alpha value is -0.930. The molecule has 1 saturated carbocycles. The second-order valence-corrected chi connectivity index (χ2v) is 6.12. The molecule has 0 radical (unpaired) electrons.